The van der Waals surface area contributed by atoms with Gasteiger partial charge in [0.15, 0.2) is 0 Å². The molecule has 0 saturated heterocycles. The normalized spacial score (nSPS) is 9.78. The van der Waals surface area contributed by atoms with Crippen LogP contribution in [0.3, 0.4) is 0 Å². The molecule has 0 aliphatic heterocycles. The van der Waals surface area contributed by atoms with Crippen LogP contribution in [0.4, 0.5) is 0 Å². The first-order chi connectivity index (χ1) is 8.40. The predicted octanol–water partition coefficient (Wildman–Crippen LogP) is 3.94. The molecule has 4 nitrogen and oxygen atoms in total. The molecule has 0 unspecified atom stereocenters. The van der Waals surface area contributed by atoms with Crippen molar-refractivity contribution in [3.05, 3.63) is 0 Å². The highest BCUT2D eigenvalue weighted by molar-refractivity contribution is 5.67. The van der Waals surface area contributed by atoms with E-state index in [9.17, 15) is 9.59 Å². The van der Waals surface area contributed by atoms with Gasteiger partial charge in [0.05, 0.1) is 0 Å². The Balaban J connectivity index is 0. The average molecular weight is 260 g/mol. The molecular formula is C14H28O4. The molecule has 0 heterocycles. The largest absolute Gasteiger partial charge is 0.481 e. The summed E-state index contributed by atoms with van der Waals surface area (Å²) in [5.74, 6) is -1.10. The zero-order valence-corrected chi connectivity index (χ0v) is 11.9. The second kappa shape index (κ2) is 14.0. The third kappa shape index (κ3) is 24.3. The number of carboxylic acids is 2. The lowest BCUT2D eigenvalue weighted by molar-refractivity contribution is -0.138. The van der Waals surface area contributed by atoms with Gasteiger partial charge in [-0.05, 0) is 12.3 Å². The van der Waals surface area contributed by atoms with E-state index in [-0.39, 0.29) is 12.3 Å². The zero-order chi connectivity index (χ0) is 14.4. The van der Waals surface area contributed by atoms with E-state index in [1.165, 1.54) is 25.7 Å². The van der Waals surface area contributed by atoms with Gasteiger partial charge < -0.3 is 10.2 Å². The van der Waals surface area contributed by atoms with Gasteiger partial charge in [0.25, 0.3) is 0 Å². The van der Waals surface area contributed by atoms with E-state index in [4.69, 9.17) is 10.2 Å². The summed E-state index contributed by atoms with van der Waals surface area (Å²) in [5.41, 5.74) is 0. The highest BCUT2D eigenvalue weighted by atomic mass is 16.4. The maximum Gasteiger partial charge on any atom is 0.303 e. The molecule has 0 fully saturated rings. The van der Waals surface area contributed by atoms with Gasteiger partial charge >= 0.3 is 11.9 Å². The summed E-state index contributed by atoms with van der Waals surface area (Å²) in [6, 6.07) is 0. The molecule has 18 heavy (non-hydrogen) atoms. The Morgan fingerprint density at radius 1 is 0.889 bits per heavy atom. The van der Waals surface area contributed by atoms with Crippen LogP contribution in [0.2, 0.25) is 0 Å². The van der Waals surface area contributed by atoms with Crippen LogP contribution in [-0.2, 0) is 9.59 Å². The highest BCUT2D eigenvalue weighted by Gasteiger charge is 1.98. The van der Waals surface area contributed by atoms with Crippen LogP contribution in [-0.4, -0.2) is 22.2 Å². The van der Waals surface area contributed by atoms with Crippen molar-refractivity contribution in [1.82, 2.24) is 0 Å². The third-order valence-electron chi connectivity index (χ3n) is 2.33. The van der Waals surface area contributed by atoms with Crippen LogP contribution < -0.4 is 0 Å². The first-order valence-electron chi connectivity index (χ1n) is 6.83. The molecule has 0 bridgehead atoms. The summed E-state index contributed by atoms with van der Waals surface area (Å²) >= 11 is 0. The van der Waals surface area contributed by atoms with Crippen molar-refractivity contribution < 1.29 is 19.8 Å². The van der Waals surface area contributed by atoms with Gasteiger partial charge in [-0.3, -0.25) is 9.59 Å². The lowest BCUT2D eigenvalue weighted by Crippen LogP contribution is -1.99. The summed E-state index contributed by atoms with van der Waals surface area (Å²) in [4.78, 5) is 19.9. The summed E-state index contributed by atoms with van der Waals surface area (Å²) in [7, 11) is 0. The lowest BCUT2D eigenvalue weighted by atomic mass is 10.1. The van der Waals surface area contributed by atoms with Crippen molar-refractivity contribution >= 4 is 11.9 Å². The first-order valence-corrected chi connectivity index (χ1v) is 6.83. The van der Waals surface area contributed by atoms with Crippen molar-refractivity contribution in [2.24, 2.45) is 5.92 Å². The van der Waals surface area contributed by atoms with Crippen molar-refractivity contribution in [3.63, 3.8) is 0 Å². The fourth-order valence-electron chi connectivity index (χ4n) is 1.41. The first kappa shape index (κ1) is 19.3. The van der Waals surface area contributed by atoms with Gasteiger partial charge in [0.1, 0.15) is 0 Å². The Morgan fingerprint density at radius 2 is 1.39 bits per heavy atom. The van der Waals surface area contributed by atoms with E-state index in [2.05, 4.69) is 6.92 Å². The second-order valence-electron chi connectivity index (χ2n) is 4.90. The number of hydrogen-bond donors (Lipinski definition) is 2. The highest BCUT2D eigenvalue weighted by Crippen LogP contribution is 2.06. The molecule has 0 atom stereocenters. The molecule has 0 aromatic rings. The third-order valence-corrected chi connectivity index (χ3v) is 2.33. The zero-order valence-electron chi connectivity index (χ0n) is 11.9. The number of unbranched alkanes of at least 4 members (excludes halogenated alkanes) is 5. The lowest BCUT2D eigenvalue weighted by Gasteiger charge is -1.97. The molecule has 4 heteroatoms. The van der Waals surface area contributed by atoms with Gasteiger partial charge in [-0.1, -0.05) is 52.9 Å². The average Bonchev–Trinajstić information content (AvgIpc) is 2.21. The van der Waals surface area contributed by atoms with Gasteiger partial charge in [-0.15, -0.1) is 0 Å². The maximum absolute atomic E-state index is 10.1. The molecule has 2 N–H and O–H groups in total. The second-order valence-corrected chi connectivity index (χ2v) is 4.90. The van der Waals surface area contributed by atoms with Gasteiger partial charge in [0.2, 0.25) is 0 Å². The van der Waals surface area contributed by atoms with Crippen LogP contribution in [0.15, 0.2) is 0 Å². The molecule has 0 aliphatic carbocycles. The minimum absolute atomic E-state index is 0.275. The molecule has 0 aromatic heterocycles. The molecule has 0 aliphatic rings. The number of carboxylic acid groups (broad SMARTS) is 2. The minimum Gasteiger partial charge on any atom is -0.481 e. The van der Waals surface area contributed by atoms with Crippen molar-refractivity contribution in [2.75, 3.05) is 0 Å². The van der Waals surface area contributed by atoms with E-state index in [1.54, 1.807) is 0 Å². The number of carbonyl (C=O) groups is 2. The minimum atomic E-state index is -0.713. The quantitative estimate of drug-likeness (QED) is 0.616. The van der Waals surface area contributed by atoms with E-state index in [0.717, 1.165) is 12.8 Å². The van der Waals surface area contributed by atoms with E-state index < -0.39 is 11.9 Å². The van der Waals surface area contributed by atoms with Crippen molar-refractivity contribution in [3.8, 4) is 0 Å². The summed E-state index contributed by atoms with van der Waals surface area (Å²) < 4.78 is 0. The van der Waals surface area contributed by atoms with Gasteiger partial charge in [-0.2, -0.15) is 0 Å². The molecule has 0 saturated carbocycles. The summed E-state index contributed by atoms with van der Waals surface area (Å²) in [6.07, 6.45) is 7.53. The standard InChI is InChI=1S/C9H18O2.C5H10O2/c1-2-3-4-5-6-7-8-9(10)11;1-4(2)3-5(6)7/h2-8H2,1H3,(H,10,11);4H,3H2,1-2H3,(H,6,7). The Labute approximate surface area is 110 Å². The van der Waals surface area contributed by atoms with Gasteiger partial charge in [-0.25, -0.2) is 0 Å². The van der Waals surface area contributed by atoms with E-state index in [0.29, 0.717) is 6.42 Å². The molecule has 0 radical (unpaired) electrons. The number of rotatable bonds is 9. The fraction of sp³-hybridized carbons (Fsp3) is 0.857. The fourth-order valence-corrected chi connectivity index (χ4v) is 1.41. The molecule has 0 amide bonds. The molecular weight excluding hydrogens is 232 g/mol. The maximum atomic E-state index is 10.1. The van der Waals surface area contributed by atoms with Crippen LogP contribution in [0.25, 0.3) is 0 Å². The van der Waals surface area contributed by atoms with E-state index in [1.807, 2.05) is 13.8 Å². The van der Waals surface area contributed by atoms with Crippen molar-refractivity contribution in [2.45, 2.75) is 72.1 Å². The monoisotopic (exact) mass is 260 g/mol. The Hall–Kier alpha value is -1.06. The molecule has 0 aromatic carbocycles. The Kier molecular flexibility index (Phi) is 15.0. The predicted molar refractivity (Wildman–Crippen MR) is 72.7 cm³/mol. The Morgan fingerprint density at radius 3 is 1.72 bits per heavy atom. The molecule has 0 spiro atoms. The summed E-state index contributed by atoms with van der Waals surface area (Å²) in [6.45, 7) is 5.94. The van der Waals surface area contributed by atoms with Gasteiger partial charge in [0, 0.05) is 12.8 Å². The Bertz CT molecular complexity index is 212. The smallest absolute Gasteiger partial charge is 0.303 e. The van der Waals surface area contributed by atoms with Crippen molar-refractivity contribution in [1.29, 1.82) is 0 Å². The number of hydrogen-bond acceptors (Lipinski definition) is 2. The topological polar surface area (TPSA) is 74.6 Å². The van der Waals surface area contributed by atoms with Crippen LogP contribution in [0.1, 0.15) is 72.1 Å². The SMILES string of the molecule is CC(C)CC(=O)O.CCCCCCCCC(=O)O. The molecule has 108 valence electrons. The van der Waals surface area contributed by atoms with Crippen LogP contribution >= 0.6 is 0 Å². The number of aliphatic carboxylic acids is 2. The molecule has 0 rings (SSSR count). The summed E-state index contributed by atoms with van der Waals surface area (Å²) in [5, 5.41) is 16.4. The van der Waals surface area contributed by atoms with Crippen LogP contribution in [0.5, 0.6) is 0 Å². The van der Waals surface area contributed by atoms with E-state index >= 15 is 0 Å². The van der Waals surface area contributed by atoms with Crippen LogP contribution in [0, 0.1) is 5.92 Å².